The molecule has 2 N–H and O–H groups in total. The van der Waals surface area contributed by atoms with Gasteiger partial charge in [-0.3, -0.25) is 0 Å². The number of ether oxygens (including phenoxy) is 3. The van der Waals surface area contributed by atoms with Gasteiger partial charge in [-0.1, -0.05) is 0 Å². The summed E-state index contributed by atoms with van der Waals surface area (Å²) < 4.78 is 16.4. The molecule has 1 amide bonds. The molecule has 0 heterocycles. The quantitative estimate of drug-likeness (QED) is 0.752. The molecule has 1 saturated carbocycles. The predicted molar refractivity (Wildman–Crippen MR) is 86.1 cm³/mol. The molecular formula is C16H32N2O4. The summed E-state index contributed by atoms with van der Waals surface area (Å²) in [5.41, 5.74) is -0.898. The Labute approximate surface area is 134 Å². The van der Waals surface area contributed by atoms with Crippen LogP contribution in [0.15, 0.2) is 0 Å². The van der Waals surface area contributed by atoms with Gasteiger partial charge in [0, 0.05) is 26.3 Å². The van der Waals surface area contributed by atoms with E-state index in [1.807, 2.05) is 41.5 Å². The monoisotopic (exact) mass is 316 g/mol. The largest absolute Gasteiger partial charge is 0.444 e. The summed E-state index contributed by atoms with van der Waals surface area (Å²) in [6.45, 7) is 12.8. The second-order valence-electron chi connectivity index (χ2n) is 7.43. The van der Waals surface area contributed by atoms with Gasteiger partial charge in [-0.2, -0.15) is 0 Å². The van der Waals surface area contributed by atoms with Gasteiger partial charge in [0.15, 0.2) is 0 Å². The van der Waals surface area contributed by atoms with Crippen molar-refractivity contribution in [3.63, 3.8) is 0 Å². The van der Waals surface area contributed by atoms with Crippen LogP contribution < -0.4 is 10.6 Å². The summed E-state index contributed by atoms with van der Waals surface area (Å²) in [7, 11) is 1.70. The highest BCUT2D eigenvalue weighted by Crippen LogP contribution is 2.27. The van der Waals surface area contributed by atoms with Crippen molar-refractivity contribution in [1.29, 1.82) is 0 Å². The Kier molecular flexibility index (Phi) is 6.65. The number of carbonyl (C=O) groups is 1. The van der Waals surface area contributed by atoms with E-state index in [0.717, 1.165) is 6.42 Å². The van der Waals surface area contributed by atoms with Gasteiger partial charge in [0.05, 0.1) is 17.7 Å². The van der Waals surface area contributed by atoms with Crippen molar-refractivity contribution < 1.29 is 19.0 Å². The van der Waals surface area contributed by atoms with E-state index in [9.17, 15) is 4.79 Å². The van der Waals surface area contributed by atoms with Crippen LogP contribution in [0.3, 0.4) is 0 Å². The lowest BCUT2D eigenvalue weighted by Crippen LogP contribution is -2.63. The third kappa shape index (κ3) is 6.10. The molecule has 3 atom stereocenters. The van der Waals surface area contributed by atoms with Crippen LogP contribution in [-0.2, 0) is 14.2 Å². The Morgan fingerprint density at radius 3 is 2.36 bits per heavy atom. The van der Waals surface area contributed by atoms with Crippen molar-refractivity contribution in [1.82, 2.24) is 10.6 Å². The first-order valence-corrected chi connectivity index (χ1v) is 7.97. The lowest BCUT2D eigenvalue weighted by Gasteiger charge is -2.44. The van der Waals surface area contributed by atoms with Crippen molar-refractivity contribution in [3.8, 4) is 0 Å². The van der Waals surface area contributed by atoms with Crippen molar-refractivity contribution >= 4 is 6.09 Å². The Morgan fingerprint density at radius 1 is 1.23 bits per heavy atom. The second kappa shape index (κ2) is 7.62. The molecule has 22 heavy (non-hydrogen) atoms. The smallest absolute Gasteiger partial charge is 0.408 e. The van der Waals surface area contributed by atoms with Crippen molar-refractivity contribution in [2.75, 3.05) is 20.3 Å². The molecule has 0 spiro atoms. The van der Waals surface area contributed by atoms with Gasteiger partial charge in [-0.15, -0.1) is 0 Å². The average molecular weight is 316 g/mol. The van der Waals surface area contributed by atoms with Crippen LogP contribution in [-0.4, -0.2) is 55.7 Å². The van der Waals surface area contributed by atoms with E-state index in [1.54, 1.807) is 7.11 Å². The third-order valence-corrected chi connectivity index (χ3v) is 3.55. The van der Waals surface area contributed by atoms with Crippen LogP contribution in [0.5, 0.6) is 0 Å². The fourth-order valence-corrected chi connectivity index (χ4v) is 2.48. The normalized spacial score (nSPS) is 25.5. The van der Waals surface area contributed by atoms with Crippen LogP contribution >= 0.6 is 0 Å². The molecule has 6 heteroatoms. The van der Waals surface area contributed by atoms with Gasteiger partial charge in [-0.25, -0.2) is 4.79 Å². The standard InChI is InChI=1S/C16H32N2O4/c1-8-21-12-9-11(13(12)20-7)17-10-16(5,6)18-14(19)22-15(2,3)4/h11-13,17H,8-10H2,1-7H3,(H,18,19). The minimum atomic E-state index is -0.493. The third-order valence-electron chi connectivity index (χ3n) is 3.55. The van der Waals surface area contributed by atoms with Crippen LogP contribution in [0.2, 0.25) is 0 Å². The Hall–Kier alpha value is -0.850. The predicted octanol–water partition coefficient (Wildman–Crippen LogP) is 2.07. The molecule has 1 fully saturated rings. The van der Waals surface area contributed by atoms with E-state index in [-0.39, 0.29) is 18.2 Å². The van der Waals surface area contributed by atoms with Crippen LogP contribution in [0.25, 0.3) is 0 Å². The van der Waals surface area contributed by atoms with Crippen LogP contribution in [0.1, 0.15) is 48.0 Å². The van der Waals surface area contributed by atoms with E-state index in [0.29, 0.717) is 13.2 Å². The number of alkyl carbamates (subject to hydrolysis) is 1. The first-order chi connectivity index (χ1) is 10.1. The lowest BCUT2D eigenvalue weighted by atomic mass is 9.84. The van der Waals surface area contributed by atoms with E-state index in [1.165, 1.54) is 0 Å². The molecule has 3 unspecified atom stereocenters. The summed E-state index contributed by atoms with van der Waals surface area (Å²) in [5.74, 6) is 0. The molecular weight excluding hydrogens is 284 g/mol. The molecule has 0 aromatic carbocycles. The minimum Gasteiger partial charge on any atom is -0.444 e. The number of hydrogen-bond acceptors (Lipinski definition) is 5. The van der Waals surface area contributed by atoms with E-state index in [2.05, 4.69) is 10.6 Å². The SMILES string of the molecule is CCOC1CC(NCC(C)(C)NC(=O)OC(C)(C)C)C1OC. The first-order valence-electron chi connectivity index (χ1n) is 7.97. The summed E-state index contributed by atoms with van der Waals surface area (Å²) in [6, 6.07) is 0.251. The number of methoxy groups -OCH3 is 1. The molecule has 0 saturated heterocycles. The maximum absolute atomic E-state index is 11.9. The van der Waals surface area contributed by atoms with Gasteiger partial charge in [-0.05, 0) is 48.0 Å². The average Bonchev–Trinajstić information content (AvgIpc) is 2.29. The summed E-state index contributed by atoms with van der Waals surface area (Å²) in [6.07, 6.45) is 0.754. The molecule has 1 rings (SSSR count). The zero-order valence-corrected chi connectivity index (χ0v) is 15.0. The van der Waals surface area contributed by atoms with Crippen LogP contribution in [0.4, 0.5) is 4.79 Å². The summed E-state index contributed by atoms with van der Waals surface area (Å²) in [4.78, 5) is 11.9. The van der Waals surface area contributed by atoms with Crippen molar-refractivity contribution in [3.05, 3.63) is 0 Å². The molecule has 0 aromatic heterocycles. The Bertz CT molecular complexity index is 366. The second-order valence-corrected chi connectivity index (χ2v) is 7.43. The molecule has 0 radical (unpaired) electrons. The Balaban J connectivity index is 2.38. The molecule has 0 aliphatic heterocycles. The zero-order valence-electron chi connectivity index (χ0n) is 15.0. The van der Waals surface area contributed by atoms with Crippen molar-refractivity contribution in [2.45, 2.75) is 77.4 Å². The molecule has 6 nitrogen and oxygen atoms in total. The Morgan fingerprint density at radius 2 is 1.86 bits per heavy atom. The fraction of sp³-hybridized carbons (Fsp3) is 0.938. The molecule has 1 aliphatic rings. The highest BCUT2D eigenvalue weighted by atomic mass is 16.6. The van der Waals surface area contributed by atoms with Gasteiger partial charge in [0.25, 0.3) is 0 Å². The van der Waals surface area contributed by atoms with Gasteiger partial charge < -0.3 is 24.8 Å². The van der Waals surface area contributed by atoms with Crippen molar-refractivity contribution in [2.24, 2.45) is 0 Å². The number of hydrogen-bond donors (Lipinski definition) is 2. The van der Waals surface area contributed by atoms with Gasteiger partial charge in [0.1, 0.15) is 5.60 Å². The van der Waals surface area contributed by atoms with Gasteiger partial charge >= 0.3 is 6.09 Å². The number of rotatable bonds is 7. The maximum atomic E-state index is 11.9. The summed E-state index contributed by atoms with van der Waals surface area (Å²) in [5, 5.41) is 6.33. The first kappa shape index (κ1) is 19.2. The highest BCUT2D eigenvalue weighted by molar-refractivity contribution is 5.68. The fourth-order valence-electron chi connectivity index (χ4n) is 2.48. The van der Waals surface area contributed by atoms with E-state index >= 15 is 0 Å². The van der Waals surface area contributed by atoms with Gasteiger partial charge in [0.2, 0.25) is 0 Å². The zero-order chi connectivity index (χ0) is 17.0. The topological polar surface area (TPSA) is 68.8 Å². The minimum absolute atomic E-state index is 0.0669. The molecule has 130 valence electrons. The highest BCUT2D eigenvalue weighted by Gasteiger charge is 2.42. The maximum Gasteiger partial charge on any atom is 0.408 e. The summed E-state index contributed by atoms with van der Waals surface area (Å²) >= 11 is 0. The number of nitrogens with one attached hydrogen (secondary N) is 2. The molecule has 0 aromatic rings. The molecule has 1 aliphatic carbocycles. The number of carbonyl (C=O) groups excluding carboxylic acids is 1. The van der Waals surface area contributed by atoms with E-state index < -0.39 is 17.2 Å². The lowest BCUT2D eigenvalue weighted by molar-refractivity contribution is -0.131. The van der Waals surface area contributed by atoms with E-state index in [4.69, 9.17) is 14.2 Å². The molecule has 0 bridgehead atoms. The van der Waals surface area contributed by atoms with Crippen LogP contribution in [0, 0.1) is 0 Å². The number of amides is 1.